The van der Waals surface area contributed by atoms with Crippen LogP contribution in [0.25, 0.3) is 11.0 Å². The first-order valence-electron chi connectivity index (χ1n) is 9.88. The fourth-order valence-electron chi connectivity index (χ4n) is 4.29. The molecule has 4 nitrogen and oxygen atoms in total. The van der Waals surface area contributed by atoms with E-state index < -0.39 is 0 Å². The number of pyridine rings is 2. The zero-order valence-electron chi connectivity index (χ0n) is 15.9. The van der Waals surface area contributed by atoms with Crippen LogP contribution in [0.2, 0.25) is 5.02 Å². The SMILES string of the molecule is CC(C(=O)Nc1ccc(Cl)cc1)[C@H]1CC[C@H](c2ccnc3ncccc32)CC1. The molecule has 1 aromatic carbocycles. The van der Waals surface area contributed by atoms with E-state index in [0.717, 1.165) is 42.4 Å². The van der Waals surface area contributed by atoms with Gasteiger partial charge in [0.2, 0.25) is 5.91 Å². The van der Waals surface area contributed by atoms with Crippen molar-refractivity contribution in [2.45, 2.75) is 38.5 Å². The van der Waals surface area contributed by atoms with Gasteiger partial charge in [0, 0.05) is 34.4 Å². The normalized spacial score (nSPS) is 20.6. The molecular formula is C23H24ClN3O. The van der Waals surface area contributed by atoms with E-state index in [1.54, 1.807) is 18.3 Å². The first kappa shape index (κ1) is 18.9. The number of hydrogen-bond donors (Lipinski definition) is 1. The Bertz CT molecular complexity index is 960. The fraction of sp³-hybridized carbons (Fsp3) is 0.348. The molecule has 1 N–H and O–H groups in total. The van der Waals surface area contributed by atoms with E-state index in [4.69, 9.17) is 11.6 Å². The van der Waals surface area contributed by atoms with E-state index >= 15 is 0 Å². The van der Waals surface area contributed by atoms with Gasteiger partial charge in [0.15, 0.2) is 5.65 Å². The van der Waals surface area contributed by atoms with Crippen molar-refractivity contribution >= 4 is 34.2 Å². The first-order chi connectivity index (χ1) is 13.6. The van der Waals surface area contributed by atoms with Gasteiger partial charge >= 0.3 is 0 Å². The maximum Gasteiger partial charge on any atom is 0.227 e. The molecule has 1 atom stereocenters. The van der Waals surface area contributed by atoms with Crippen molar-refractivity contribution in [3.63, 3.8) is 0 Å². The van der Waals surface area contributed by atoms with Gasteiger partial charge in [0.25, 0.3) is 0 Å². The fourth-order valence-corrected chi connectivity index (χ4v) is 4.42. The van der Waals surface area contributed by atoms with Crippen LogP contribution in [0.15, 0.2) is 54.9 Å². The van der Waals surface area contributed by atoms with Gasteiger partial charge in [-0.15, -0.1) is 0 Å². The number of carbonyl (C=O) groups is 1. The lowest BCUT2D eigenvalue weighted by Crippen LogP contribution is -2.29. The summed E-state index contributed by atoms with van der Waals surface area (Å²) in [5, 5.41) is 4.84. The van der Waals surface area contributed by atoms with Crippen molar-refractivity contribution in [2.75, 3.05) is 5.32 Å². The van der Waals surface area contributed by atoms with Gasteiger partial charge in [-0.1, -0.05) is 18.5 Å². The molecule has 144 valence electrons. The summed E-state index contributed by atoms with van der Waals surface area (Å²) < 4.78 is 0. The highest BCUT2D eigenvalue weighted by Crippen LogP contribution is 2.40. The molecule has 3 aromatic rings. The number of aromatic nitrogens is 2. The number of nitrogens with one attached hydrogen (secondary N) is 1. The number of rotatable bonds is 4. The largest absolute Gasteiger partial charge is 0.326 e. The van der Waals surface area contributed by atoms with Crippen molar-refractivity contribution in [3.8, 4) is 0 Å². The molecule has 1 fully saturated rings. The van der Waals surface area contributed by atoms with E-state index in [9.17, 15) is 4.79 Å². The highest BCUT2D eigenvalue weighted by atomic mass is 35.5. The highest BCUT2D eigenvalue weighted by molar-refractivity contribution is 6.30. The number of benzene rings is 1. The second-order valence-electron chi connectivity index (χ2n) is 7.67. The molecule has 0 bridgehead atoms. The van der Waals surface area contributed by atoms with E-state index in [1.807, 2.05) is 31.3 Å². The van der Waals surface area contributed by atoms with Crippen molar-refractivity contribution in [1.29, 1.82) is 0 Å². The summed E-state index contributed by atoms with van der Waals surface area (Å²) in [6, 6.07) is 13.5. The summed E-state index contributed by atoms with van der Waals surface area (Å²) in [6.07, 6.45) is 7.96. The topological polar surface area (TPSA) is 54.9 Å². The summed E-state index contributed by atoms with van der Waals surface area (Å²) in [5.41, 5.74) is 2.96. The van der Waals surface area contributed by atoms with Gasteiger partial charge in [-0.05, 0) is 85.5 Å². The molecule has 1 aliphatic rings. The molecule has 0 spiro atoms. The number of amides is 1. The number of fused-ring (bicyclic) bond motifs is 1. The third-order valence-corrected chi connectivity index (χ3v) is 6.24. The van der Waals surface area contributed by atoms with Gasteiger partial charge in [-0.3, -0.25) is 4.79 Å². The summed E-state index contributed by atoms with van der Waals surface area (Å²) in [5.74, 6) is 1.00. The lowest BCUT2D eigenvalue weighted by molar-refractivity contribution is -0.121. The Kier molecular flexibility index (Phi) is 5.58. The molecule has 0 saturated heterocycles. The number of carbonyl (C=O) groups excluding carboxylic acids is 1. The van der Waals surface area contributed by atoms with E-state index in [1.165, 1.54) is 5.56 Å². The van der Waals surface area contributed by atoms with Crippen molar-refractivity contribution in [3.05, 3.63) is 65.4 Å². The molecule has 2 heterocycles. The van der Waals surface area contributed by atoms with Crippen molar-refractivity contribution in [2.24, 2.45) is 11.8 Å². The van der Waals surface area contributed by atoms with E-state index in [0.29, 0.717) is 16.9 Å². The lowest BCUT2D eigenvalue weighted by atomic mass is 9.73. The molecule has 28 heavy (non-hydrogen) atoms. The monoisotopic (exact) mass is 393 g/mol. The Morgan fingerprint density at radius 3 is 2.50 bits per heavy atom. The smallest absolute Gasteiger partial charge is 0.227 e. The van der Waals surface area contributed by atoms with Crippen LogP contribution in [-0.2, 0) is 4.79 Å². The summed E-state index contributed by atoms with van der Waals surface area (Å²) in [6.45, 7) is 2.04. The van der Waals surface area contributed by atoms with Crippen LogP contribution in [0, 0.1) is 11.8 Å². The van der Waals surface area contributed by atoms with Crippen molar-refractivity contribution < 1.29 is 4.79 Å². The minimum atomic E-state index is -0.00696. The minimum Gasteiger partial charge on any atom is -0.326 e. The Balaban J connectivity index is 1.39. The van der Waals surface area contributed by atoms with Crippen LogP contribution < -0.4 is 5.32 Å². The van der Waals surface area contributed by atoms with Crippen LogP contribution in [-0.4, -0.2) is 15.9 Å². The molecule has 0 aliphatic heterocycles. The average Bonchev–Trinajstić information content (AvgIpc) is 2.74. The Morgan fingerprint density at radius 1 is 1.04 bits per heavy atom. The number of nitrogens with zero attached hydrogens (tertiary/aromatic N) is 2. The molecule has 1 aliphatic carbocycles. The van der Waals surface area contributed by atoms with Gasteiger partial charge in [0.1, 0.15) is 0 Å². The molecule has 1 amide bonds. The molecule has 0 radical (unpaired) electrons. The molecule has 1 saturated carbocycles. The van der Waals surface area contributed by atoms with Gasteiger partial charge in [-0.25, -0.2) is 9.97 Å². The van der Waals surface area contributed by atoms with Crippen LogP contribution >= 0.6 is 11.6 Å². The molecule has 1 unspecified atom stereocenters. The lowest BCUT2D eigenvalue weighted by Gasteiger charge is -2.32. The Morgan fingerprint density at radius 2 is 1.75 bits per heavy atom. The van der Waals surface area contributed by atoms with Gasteiger partial charge < -0.3 is 5.32 Å². The maximum absolute atomic E-state index is 12.7. The average molecular weight is 394 g/mol. The van der Waals surface area contributed by atoms with Crippen LogP contribution in [0.5, 0.6) is 0 Å². The summed E-state index contributed by atoms with van der Waals surface area (Å²) >= 11 is 5.91. The van der Waals surface area contributed by atoms with Crippen LogP contribution in [0.4, 0.5) is 5.69 Å². The van der Waals surface area contributed by atoms with E-state index in [-0.39, 0.29) is 11.8 Å². The van der Waals surface area contributed by atoms with Crippen LogP contribution in [0.3, 0.4) is 0 Å². The zero-order valence-corrected chi connectivity index (χ0v) is 16.7. The number of hydrogen-bond acceptors (Lipinski definition) is 3. The minimum absolute atomic E-state index is 0.00696. The number of halogens is 1. The summed E-state index contributed by atoms with van der Waals surface area (Å²) in [4.78, 5) is 21.4. The quantitative estimate of drug-likeness (QED) is 0.606. The standard InChI is InChI=1S/C23H24ClN3O/c1-15(23(28)27-19-10-8-18(24)9-11-19)16-4-6-17(7-5-16)20-12-14-26-22-21(20)3-2-13-25-22/h2-3,8-17H,4-7H2,1H3,(H,27,28)/t15?,16-,17-. The third-order valence-electron chi connectivity index (χ3n) is 5.99. The summed E-state index contributed by atoms with van der Waals surface area (Å²) in [7, 11) is 0. The second-order valence-corrected chi connectivity index (χ2v) is 8.11. The maximum atomic E-state index is 12.7. The van der Waals surface area contributed by atoms with Crippen LogP contribution in [0.1, 0.15) is 44.1 Å². The molecule has 5 heteroatoms. The van der Waals surface area contributed by atoms with Crippen molar-refractivity contribution in [1.82, 2.24) is 9.97 Å². The van der Waals surface area contributed by atoms with E-state index in [2.05, 4.69) is 27.4 Å². The molecular weight excluding hydrogens is 370 g/mol. The number of anilines is 1. The second kappa shape index (κ2) is 8.27. The van der Waals surface area contributed by atoms with Gasteiger partial charge in [-0.2, -0.15) is 0 Å². The highest BCUT2D eigenvalue weighted by Gasteiger charge is 2.30. The first-order valence-corrected chi connectivity index (χ1v) is 10.3. The predicted molar refractivity (Wildman–Crippen MR) is 113 cm³/mol. The third kappa shape index (κ3) is 4.02. The molecule has 4 rings (SSSR count). The Hall–Kier alpha value is -2.46. The molecule has 2 aromatic heterocycles. The zero-order chi connectivity index (χ0) is 19.5. The predicted octanol–water partition coefficient (Wildman–Crippen LogP) is 5.83. The Labute approximate surface area is 170 Å². The van der Waals surface area contributed by atoms with Gasteiger partial charge in [0.05, 0.1) is 0 Å².